The maximum absolute atomic E-state index is 12.4. The van der Waals surface area contributed by atoms with E-state index in [-0.39, 0.29) is 11.9 Å². The summed E-state index contributed by atoms with van der Waals surface area (Å²) in [6.45, 7) is 0. The van der Waals surface area contributed by atoms with Gasteiger partial charge in [0.25, 0.3) is 5.91 Å². The highest BCUT2D eigenvalue weighted by molar-refractivity contribution is 6.03. The van der Waals surface area contributed by atoms with E-state index in [0.717, 1.165) is 5.56 Å². The molecule has 0 radical (unpaired) electrons. The molecule has 0 fully saturated rings. The van der Waals surface area contributed by atoms with Crippen LogP contribution >= 0.6 is 0 Å². The lowest BCUT2D eigenvalue weighted by Gasteiger charge is -2.04. The third-order valence-electron chi connectivity index (χ3n) is 3.82. The van der Waals surface area contributed by atoms with Crippen molar-refractivity contribution in [2.24, 2.45) is 0 Å². The molecule has 4 rings (SSSR count). The Balaban J connectivity index is 1.50. The van der Waals surface area contributed by atoms with E-state index in [1.165, 1.54) is 6.20 Å². The van der Waals surface area contributed by atoms with Crippen LogP contribution in [0.2, 0.25) is 0 Å². The van der Waals surface area contributed by atoms with Crippen molar-refractivity contribution in [3.8, 4) is 23.0 Å². The average molecular weight is 361 g/mol. The fraction of sp³-hybridized carbons (Fsp3) is 0.0556. The Bertz CT molecular complexity index is 1060. The Morgan fingerprint density at radius 2 is 2.07 bits per heavy atom. The number of pyridine rings is 1. The van der Waals surface area contributed by atoms with Crippen molar-refractivity contribution in [1.82, 2.24) is 29.9 Å². The number of nitrogens with one attached hydrogen (secondary N) is 2. The Morgan fingerprint density at radius 3 is 2.81 bits per heavy atom. The molecule has 0 unspecified atom stereocenters. The van der Waals surface area contributed by atoms with E-state index in [9.17, 15) is 4.79 Å². The van der Waals surface area contributed by atoms with Crippen LogP contribution in [0.5, 0.6) is 5.75 Å². The number of aromatic nitrogens is 6. The number of amides is 1. The number of nitrogens with zero attached hydrogens (tertiary/aromatic N) is 5. The molecule has 0 saturated heterocycles. The van der Waals surface area contributed by atoms with Gasteiger partial charge in [0.15, 0.2) is 11.6 Å². The second-order valence-corrected chi connectivity index (χ2v) is 5.52. The Labute approximate surface area is 154 Å². The summed E-state index contributed by atoms with van der Waals surface area (Å²) in [6.07, 6.45) is 4.90. The minimum Gasteiger partial charge on any atom is -0.496 e. The fourth-order valence-corrected chi connectivity index (χ4v) is 2.51. The van der Waals surface area contributed by atoms with Crippen LogP contribution in [0.3, 0.4) is 0 Å². The van der Waals surface area contributed by atoms with Crippen LogP contribution in [0.25, 0.3) is 17.2 Å². The third kappa shape index (κ3) is 3.38. The summed E-state index contributed by atoms with van der Waals surface area (Å²) >= 11 is 0. The van der Waals surface area contributed by atoms with Crippen LogP contribution in [-0.2, 0) is 0 Å². The number of hydrogen-bond acceptors (Lipinski definition) is 6. The van der Waals surface area contributed by atoms with Crippen LogP contribution in [0.4, 0.5) is 5.95 Å². The number of H-pyrrole nitrogens is 1. The Morgan fingerprint density at radius 1 is 1.19 bits per heavy atom. The van der Waals surface area contributed by atoms with E-state index in [1.807, 2.05) is 24.3 Å². The van der Waals surface area contributed by atoms with Gasteiger partial charge in [-0.2, -0.15) is 10.1 Å². The predicted molar refractivity (Wildman–Crippen MR) is 97.7 cm³/mol. The standard InChI is InChI=1S/C18H15N7O2/c1-27-14-6-3-2-5-13(14)16-21-18(24-23-16)22-17(26)12-7-8-15(19-11-12)25-10-4-9-20-25/h2-11H,1H3,(H2,21,22,23,24,26). The SMILES string of the molecule is COc1ccccc1-c1nc(NC(=O)c2ccc(-n3cccn3)nc2)n[nH]1. The number of hydrogen-bond donors (Lipinski definition) is 2. The molecule has 0 aliphatic heterocycles. The molecule has 4 aromatic rings. The third-order valence-corrected chi connectivity index (χ3v) is 3.82. The second kappa shape index (κ2) is 7.08. The highest BCUT2D eigenvalue weighted by atomic mass is 16.5. The zero-order valence-electron chi connectivity index (χ0n) is 14.3. The highest BCUT2D eigenvalue weighted by Crippen LogP contribution is 2.27. The van der Waals surface area contributed by atoms with Gasteiger partial charge < -0.3 is 4.74 Å². The molecule has 2 N–H and O–H groups in total. The normalized spacial score (nSPS) is 10.6. The number of aromatic amines is 1. The number of benzene rings is 1. The van der Waals surface area contributed by atoms with Gasteiger partial charge in [0.05, 0.1) is 18.2 Å². The predicted octanol–water partition coefficient (Wildman–Crippen LogP) is 2.31. The highest BCUT2D eigenvalue weighted by Gasteiger charge is 2.13. The molecule has 27 heavy (non-hydrogen) atoms. The summed E-state index contributed by atoms with van der Waals surface area (Å²) in [5.41, 5.74) is 1.13. The molecule has 0 aliphatic rings. The van der Waals surface area contributed by atoms with Crippen molar-refractivity contribution < 1.29 is 9.53 Å². The van der Waals surface area contributed by atoms with Crippen LogP contribution in [0.1, 0.15) is 10.4 Å². The van der Waals surface area contributed by atoms with E-state index < -0.39 is 0 Å². The first-order chi connectivity index (χ1) is 13.2. The summed E-state index contributed by atoms with van der Waals surface area (Å²) in [6, 6.07) is 12.6. The van der Waals surface area contributed by atoms with Crippen LogP contribution in [-0.4, -0.2) is 43.0 Å². The topological polar surface area (TPSA) is 111 Å². The monoisotopic (exact) mass is 361 g/mol. The van der Waals surface area contributed by atoms with Gasteiger partial charge in [0.2, 0.25) is 5.95 Å². The first kappa shape index (κ1) is 16.5. The van der Waals surface area contributed by atoms with Crippen molar-refractivity contribution in [1.29, 1.82) is 0 Å². The smallest absolute Gasteiger partial charge is 0.259 e. The molecule has 3 aromatic heterocycles. The van der Waals surface area contributed by atoms with Crippen LogP contribution in [0, 0.1) is 0 Å². The van der Waals surface area contributed by atoms with Crippen molar-refractivity contribution >= 4 is 11.9 Å². The van der Waals surface area contributed by atoms with Crippen LogP contribution < -0.4 is 10.1 Å². The molecular weight excluding hydrogens is 346 g/mol. The summed E-state index contributed by atoms with van der Waals surface area (Å²) in [4.78, 5) is 20.9. The largest absolute Gasteiger partial charge is 0.496 e. The second-order valence-electron chi connectivity index (χ2n) is 5.52. The van der Waals surface area contributed by atoms with E-state index >= 15 is 0 Å². The van der Waals surface area contributed by atoms with Gasteiger partial charge in [0.1, 0.15) is 5.75 Å². The Hall–Kier alpha value is -4.01. The van der Waals surface area contributed by atoms with Gasteiger partial charge in [-0.05, 0) is 30.3 Å². The van der Waals surface area contributed by atoms with Crippen LogP contribution in [0.15, 0.2) is 61.1 Å². The molecule has 0 saturated carbocycles. The van der Waals surface area contributed by atoms with Crippen molar-refractivity contribution in [2.45, 2.75) is 0 Å². The zero-order valence-corrected chi connectivity index (χ0v) is 14.3. The maximum Gasteiger partial charge on any atom is 0.259 e. The van der Waals surface area contributed by atoms with E-state index in [0.29, 0.717) is 23.0 Å². The molecule has 0 bridgehead atoms. The first-order valence-electron chi connectivity index (χ1n) is 8.08. The number of ether oxygens (including phenoxy) is 1. The minimum atomic E-state index is -0.361. The number of para-hydroxylation sites is 1. The van der Waals surface area contributed by atoms with Gasteiger partial charge in [0, 0.05) is 18.6 Å². The summed E-state index contributed by atoms with van der Waals surface area (Å²) in [7, 11) is 1.58. The number of methoxy groups -OCH3 is 1. The van der Waals surface area contributed by atoms with E-state index in [1.54, 1.807) is 42.4 Å². The quantitative estimate of drug-likeness (QED) is 0.564. The lowest BCUT2D eigenvalue weighted by atomic mass is 10.2. The van der Waals surface area contributed by atoms with E-state index in [4.69, 9.17) is 4.74 Å². The number of anilines is 1. The summed E-state index contributed by atoms with van der Waals surface area (Å²) < 4.78 is 6.92. The van der Waals surface area contributed by atoms with Gasteiger partial charge in [-0.25, -0.2) is 9.67 Å². The van der Waals surface area contributed by atoms with Crippen molar-refractivity contribution in [2.75, 3.05) is 12.4 Å². The van der Waals surface area contributed by atoms with Gasteiger partial charge in [-0.1, -0.05) is 12.1 Å². The number of carbonyl (C=O) groups excluding carboxylic acids is 1. The van der Waals surface area contributed by atoms with Crippen molar-refractivity contribution in [3.63, 3.8) is 0 Å². The molecule has 9 nitrogen and oxygen atoms in total. The molecule has 1 amide bonds. The first-order valence-corrected chi connectivity index (χ1v) is 8.08. The molecule has 1 aromatic carbocycles. The molecule has 9 heteroatoms. The summed E-state index contributed by atoms with van der Waals surface area (Å²) in [5.74, 6) is 1.57. The lowest BCUT2D eigenvalue weighted by Crippen LogP contribution is -2.13. The van der Waals surface area contributed by atoms with Gasteiger partial charge in [-0.15, -0.1) is 5.10 Å². The zero-order chi connectivity index (χ0) is 18.6. The molecule has 0 spiro atoms. The fourth-order valence-electron chi connectivity index (χ4n) is 2.51. The van der Waals surface area contributed by atoms with E-state index in [2.05, 4.69) is 30.6 Å². The minimum absolute atomic E-state index is 0.164. The molecule has 0 aliphatic carbocycles. The maximum atomic E-state index is 12.4. The van der Waals surface area contributed by atoms with Gasteiger partial charge in [-0.3, -0.25) is 15.2 Å². The molecule has 0 atom stereocenters. The molecular formula is C18H15N7O2. The lowest BCUT2D eigenvalue weighted by molar-refractivity contribution is 0.102. The van der Waals surface area contributed by atoms with Gasteiger partial charge >= 0.3 is 0 Å². The number of rotatable bonds is 5. The molecule has 3 heterocycles. The average Bonchev–Trinajstić information content (AvgIpc) is 3.40. The summed E-state index contributed by atoms with van der Waals surface area (Å²) in [5, 5.41) is 13.6. The number of carbonyl (C=O) groups is 1. The van der Waals surface area contributed by atoms with Crippen molar-refractivity contribution in [3.05, 3.63) is 66.6 Å². The molecule has 134 valence electrons. The Kier molecular flexibility index (Phi) is 4.32.